The summed E-state index contributed by atoms with van der Waals surface area (Å²) in [6.45, 7) is 6.91. The Balaban J connectivity index is 0.000000271. The first-order chi connectivity index (χ1) is 12.8. The van der Waals surface area contributed by atoms with Gasteiger partial charge in [-0.05, 0) is 49.2 Å². The second-order valence-corrected chi connectivity index (χ2v) is 5.80. The molecule has 0 unspecified atom stereocenters. The number of ketones is 1. The minimum atomic E-state index is -2.90. The van der Waals surface area contributed by atoms with Crippen LogP contribution in [0.15, 0.2) is 73.8 Å². The molecule has 0 aliphatic rings. The van der Waals surface area contributed by atoms with Crippen LogP contribution in [0.5, 0.6) is 0 Å². The van der Waals surface area contributed by atoms with E-state index in [0.29, 0.717) is 18.4 Å². The van der Waals surface area contributed by atoms with Crippen molar-refractivity contribution >= 4 is 5.78 Å². The van der Waals surface area contributed by atoms with Gasteiger partial charge in [-0.15, -0.1) is 13.2 Å². The zero-order chi connectivity index (χ0) is 20.3. The maximum absolute atomic E-state index is 13.3. The number of Topliss-reactive ketones (excluding diaryl/α,β-unsaturated/α-hetero) is 1. The topological polar surface area (TPSA) is 17.1 Å². The van der Waals surface area contributed by atoms with E-state index in [9.17, 15) is 22.4 Å². The lowest BCUT2D eigenvalue weighted by Gasteiger charge is -2.15. The summed E-state index contributed by atoms with van der Waals surface area (Å²) in [6.07, 6.45) is 4.19. The van der Waals surface area contributed by atoms with E-state index in [4.69, 9.17) is 0 Å². The molecule has 0 heterocycles. The molecular formula is C22H22F4O. The molecule has 0 atom stereocenters. The van der Waals surface area contributed by atoms with Crippen molar-refractivity contribution in [2.75, 3.05) is 0 Å². The third-order valence-electron chi connectivity index (χ3n) is 3.67. The molecule has 0 fully saturated rings. The molecule has 5 heteroatoms. The normalized spacial score (nSPS) is 10.5. The molecule has 0 bridgehead atoms. The van der Waals surface area contributed by atoms with Crippen LogP contribution in [0.2, 0.25) is 0 Å². The zero-order valence-electron chi connectivity index (χ0n) is 14.9. The lowest BCUT2D eigenvalue weighted by molar-refractivity contribution is -0.0124. The SMILES string of the molecule is C=CCCC(=O)c1ccc(F)cc1.C=CCCC(F)(F)c1ccc(F)cc1. The maximum atomic E-state index is 13.3. The number of hydrogen-bond acceptors (Lipinski definition) is 1. The summed E-state index contributed by atoms with van der Waals surface area (Å²) in [6, 6.07) is 9.88. The summed E-state index contributed by atoms with van der Waals surface area (Å²) < 4.78 is 51.5. The molecule has 0 spiro atoms. The fraction of sp³-hybridized carbons (Fsp3) is 0.227. The van der Waals surface area contributed by atoms with Crippen molar-refractivity contribution in [1.29, 1.82) is 0 Å². The van der Waals surface area contributed by atoms with Gasteiger partial charge in [-0.3, -0.25) is 4.79 Å². The van der Waals surface area contributed by atoms with Crippen molar-refractivity contribution in [2.24, 2.45) is 0 Å². The number of rotatable bonds is 8. The number of alkyl halides is 2. The maximum Gasteiger partial charge on any atom is 0.273 e. The fourth-order valence-electron chi connectivity index (χ4n) is 2.13. The number of benzene rings is 2. The highest BCUT2D eigenvalue weighted by Crippen LogP contribution is 2.32. The molecule has 0 saturated heterocycles. The van der Waals surface area contributed by atoms with Crippen LogP contribution in [0.1, 0.15) is 41.6 Å². The van der Waals surface area contributed by atoms with Gasteiger partial charge in [0.15, 0.2) is 5.78 Å². The number of carbonyl (C=O) groups excluding carboxylic acids is 1. The van der Waals surface area contributed by atoms with Gasteiger partial charge in [-0.25, -0.2) is 17.6 Å². The molecule has 2 aromatic rings. The second kappa shape index (κ2) is 11.1. The average Bonchev–Trinajstić information content (AvgIpc) is 2.66. The van der Waals surface area contributed by atoms with Gasteiger partial charge in [0.25, 0.3) is 5.92 Å². The number of hydrogen-bond donors (Lipinski definition) is 0. The largest absolute Gasteiger partial charge is 0.294 e. The van der Waals surface area contributed by atoms with E-state index in [-0.39, 0.29) is 30.0 Å². The first-order valence-electron chi connectivity index (χ1n) is 8.44. The first kappa shape index (κ1) is 22.4. The molecule has 0 amide bonds. The molecule has 0 aromatic heterocycles. The minimum absolute atomic E-state index is 0.0277. The highest BCUT2D eigenvalue weighted by atomic mass is 19.3. The van der Waals surface area contributed by atoms with Crippen molar-refractivity contribution in [3.63, 3.8) is 0 Å². The van der Waals surface area contributed by atoms with Crippen molar-refractivity contribution in [2.45, 2.75) is 31.6 Å². The molecule has 0 N–H and O–H groups in total. The van der Waals surface area contributed by atoms with Gasteiger partial charge in [0, 0.05) is 24.0 Å². The van der Waals surface area contributed by atoms with Gasteiger partial charge in [-0.2, -0.15) is 0 Å². The molecule has 1 nitrogen and oxygen atoms in total. The van der Waals surface area contributed by atoms with E-state index in [2.05, 4.69) is 13.2 Å². The van der Waals surface area contributed by atoms with Crippen LogP contribution < -0.4 is 0 Å². The Morgan fingerprint density at radius 3 is 1.81 bits per heavy atom. The van der Waals surface area contributed by atoms with Crippen LogP contribution >= 0.6 is 0 Å². The van der Waals surface area contributed by atoms with Gasteiger partial charge < -0.3 is 0 Å². The summed E-state index contributed by atoms with van der Waals surface area (Å²) in [5.74, 6) is -3.70. The molecular weight excluding hydrogens is 356 g/mol. The number of carbonyl (C=O) groups is 1. The third-order valence-corrected chi connectivity index (χ3v) is 3.67. The van der Waals surface area contributed by atoms with Crippen LogP contribution in [0, 0.1) is 11.6 Å². The Hall–Kier alpha value is -2.69. The van der Waals surface area contributed by atoms with Gasteiger partial charge in [-0.1, -0.05) is 24.3 Å². The van der Waals surface area contributed by atoms with Crippen molar-refractivity contribution < 1.29 is 22.4 Å². The van der Waals surface area contributed by atoms with Crippen LogP contribution in [-0.4, -0.2) is 5.78 Å². The van der Waals surface area contributed by atoms with Crippen molar-refractivity contribution in [1.82, 2.24) is 0 Å². The Labute approximate surface area is 157 Å². The van der Waals surface area contributed by atoms with Crippen LogP contribution in [0.25, 0.3) is 0 Å². The van der Waals surface area contributed by atoms with E-state index in [0.717, 1.165) is 24.3 Å². The predicted molar refractivity (Wildman–Crippen MR) is 99.9 cm³/mol. The van der Waals surface area contributed by atoms with E-state index in [1.165, 1.54) is 30.3 Å². The zero-order valence-corrected chi connectivity index (χ0v) is 14.9. The monoisotopic (exact) mass is 378 g/mol. The number of allylic oxidation sites excluding steroid dienone is 2. The Kier molecular flexibility index (Phi) is 9.20. The predicted octanol–water partition coefficient (Wildman–Crippen LogP) is 6.86. The molecule has 0 aliphatic carbocycles. The molecule has 2 rings (SSSR count). The van der Waals surface area contributed by atoms with Gasteiger partial charge in [0.2, 0.25) is 0 Å². The van der Waals surface area contributed by atoms with E-state index in [1.807, 2.05) is 0 Å². The van der Waals surface area contributed by atoms with E-state index < -0.39 is 11.7 Å². The summed E-state index contributed by atoms with van der Waals surface area (Å²) >= 11 is 0. The highest BCUT2D eigenvalue weighted by molar-refractivity contribution is 5.96. The molecule has 27 heavy (non-hydrogen) atoms. The van der Waals surface area contributed by atoms with Gasteiger partial charge in [0.05, 0.1) is 0 Å². The van der Waals surface area contributed by atoms with Crippen molar-refractivity contribution in [3.8, 4) is 0 Å². The molecule has 0 radical (unpaired) electrons. The second-order valence-electron chi connectivity index (χ2n) is 5.80. The summed E-state index contributed by atoms with van der Waals surface area (Å²) in [4.78, 5) is 11.3. The fourth-order valence-corrected chi connectivity index (χ4v) is 2.13. The van der Waals surface area contributed by atoms with E-state index in [1.54, 1.807) is 6.08 Å². The van der Waals surface area contributed by atoms with Crippen molar-refractivity contribution in [3.05, 3.63) is 96.6 Å². The van der Waals surface area contributed by atoms with E-state index >= 15 is 0 Å². The van der Waals surface area contributed by atoms with Crippen LogP contribution in [0.4, 0.5) is 17.6 Å². The lowest BCUT2D eigenvalue weighted by atomic mass is 10.0. The molecule has 144 valence electrons. The highest BCUT2D eigenvalue weighted by Gasteiger charge is 2.30. The summed E-state index contributed by atoms with van der Waals surface area (Å²) in [7, 11) is 0. The van der Waals surface area contributed by atoms with Gasteiger partial charge in [0.1, 0.15) is 11.6 Å². The summed E-state index contributed by atoms with van der Waals surface area (Å²) in [5.41, 5.74) is 0.406. The standard InChI is InChI=1S/C11H11F3.C11H11FO/c1-2-3-8-11(13,14)9-4-6-10(12)7-5-9;1-2-3-4-11(13)9-5-7-10(12)8-6-9/h2,4-7H,1,3,8H2;2,5-8H,1,3-4H2. The Morgan fingerprint density at radius 1 is 0.852 bits per heavy atom. The smallest absolute Gasteiger partial charge is 0.273 e. The Bertz CT molecular complexity index is 734. The lowest BCUT2D eigenvalue weighted by Crippen LogP contribution is -2.12. The van der Waals surface area contributed by atoms with Crippen LogP contribution in [-0.2, 0) is 5.92 Å². The third kappa shape index (κ3) is 8.03. The average molecular weight is 378 g/mol. The molecule has 0 saturated carbocycles. The minimum Gasteiger partial charge on any atom is -0.294 e. The molecule has 0 aliphatic heterocycles. The molecule has 2 aromatic carbocycles. The quantitative estimate of drug-likeness (QED) is 0.279. The van der Waals surface area contributed by atoms with Crippen LogP contribution in [0.3, 0.4) is 0 Å². The first-order valence-corrected chi connectivity index (χ1v) is 8.44. The summed E-state index contributed by atoms with van der Waals surface area (Å²) in [5, 5.41) is 0. The number of halogens is 4. The Morgan fingerprint density at radius 2 is 1.33 bits per heavy atom. The van der Waals surface area contributed by atoms with Gasteiger partial charge >= 0.3 is 0 Å².